The Morgan fingerprint density at radius 2 is 1.78 bits per heavy atom. The van der Waals surface area contributed by atoms with E-state index in [4.69, 9.17) is 9.47 Å². The first-order valence-electron chi connectivity index (χ1n) is 8.98. The monoisotopic (exact) mass is 390 g/mol. The third-order valence-electron chi connectivity index (χ3n) is 4.75. The molecule has 146 valence electrons. The Morgan fingerprint density at radius 3 is 2.44 bits per heavy atom. The molecular formula is C20H26N2O4S. The summed E-state index contributed by atoms with van der Waals surface area (Å²) < 4.78 is 39.0. The van der Waals surface area contributed by atoms with E-state index in [0.717, 1.165) is 16.8 Å². The number of benzene rings is 2. The lowest BCUT2D eigenvalue weighted by Gasteiger charge is -2.32. The summed E-state index contributed by atoms with van der Waals surface area (Å²) in [5.74, 6) is 1.25. The molecule has 7 heteroatoms. The van der Waals surface area contributed by atoms with E-state index in [9.17, 15) is 8.42 Å². The summed E-state index contributed by atoms with van der Waals surface area (Å²) in [6, 6.07) is 13.2. The quantitative estimate of drug-likeness (QED) is 0.760. The summed E-state index contributed by atoms with van der Waals surface area (Å²) in [6.45, 7) is 2.03. The summed E-state index contributed by atoms with van der Waals surface area (Å²) >= 11 is 0. The first-order chi connectivity index (χ1) is 12.9. The summed E-state index contributed by atoms with van der Waals surface area (Å²) in [5, 5.41) is 3.39. The molecule has 3 rings (SSSR count). The third kappa shape index (κ3) is 4.73. The van der Waals surface area contributed by atoms with Crippen molar-refractivity contribution in [3.05, 3.63) is 53.6 Å². The van der Waals surface area contributed by atoms with Crippen molar-refractivity contribution in [3.63, 3.8) is 0 Å². The summed E-state index contributed by atoms with van der Waals surface area (Å²) in [5.41, 5.74) is 2.74. The second-order valence-corrected chi connectivity index (χ2v) is 8.67. The fourth-order valence-corrected chi connectivity index (χ4v) is 4.68. The number of aryl methyl sites for hydroxylation is 1. The van der Waals surface area contributed by atoms with E-state index >= 15 is 0 Å². The van der Waals surface area contributed by atoms with Gasteiger partial charge < -0.3 is 14.8 Å². The van der Waals surface area contributed by atoms with Crippen molar-refractivity contribution in [2.45, 2.75) is 31.8 Å². The fraction of sp³-hybridized carbons (Fsp3) is 0.400. The van der Waals surface area contributed by atoms with Gasteiger partial charge in [0.2, 0.25) is 10.0 Å². The number of ether oxygens (including phenoxy) is 2. The van der Waals surface area contributed by atoms with Crippen LogP contribution in [0.1, 0.15) is 30.5 Å². The molecule has 0 bridgehead atoms. The number of sulfonamides is 1. The molecule has 1 aliphatic rings. The maximum atomic E-state index is 12.7. The van der Waals surface area contributed by atoms with Gasteiger partial charge in [0.25, 0.3) is 0 Å². The van der Waals surface area contributed by atoms with Gasteiger partial charge in [-0.05, 0) is 37.0 Å². The Balaban J connectivity index is 1.80. The lowest BCUT2D eigenvalue weighted by molar-refractivity contribution is 0.353. The van der Waals surface area contributed by atoms with Crippen molar-refractivity contribution < 1.29 is 17.9 Å². The number of anilines is 1. The first kappa shape index (κ1) is 19.5. The topological polar surface area (TPSA) is 76.7 Å². The summed E-state index contributed by atoms with van der Waals surface area (Å²) in [4.78, 5) is 0. The Hall–Kier alpha value is -2.25. The van der Waals surface area contributed by atoms with Crippen molar-refractivity contribution >= 4 is 15.7 Å². The van der Waals surface area contributed by atoms with Crippen molar-refractivity contribution in [2.24, 2.45) is 0 Å². The molecule has 2 atom stereocenters. The van der Waals surface area contributed by atoms with Gasteiger partial charge in [0, 0.05) is 17.8 Å². The van der Waals surface area contributed by atoms with Crippen LogP contribution < -0.4 is 19.5 Å². The number of nitrogens with one attached hydrogen (secondary N) is 2. The van der Waals surface area contributed by atoms with E-state index in [-0.39, 0.29) is 17.8 Å². The molecule has 2 aromatic rings. The second-order valence-electron chi connectivity index (χ2n) is 6.80. The zero-order valence-corrected chi connectivity index (χ0v) is 16.7. The van der Waals surface area contributed by atoms with E-state index in [1.54, 1.807) is 14.2 Å². The Bertz CT molecular complexity index is 884. The van der Waals surface area contributed by atoms with E-state index in [1.807, 2.05) is 49.4 Å². The molecule has 1 heterocycles. The number of methoxy groups -OCH3 is 2. The Labute approximate surface area is 160 Å². The first-order valence-corrected chi connectivity index (χ1v) is 10.6. The molecule has 0 amide bonds. The molecular weight excluding hydrogens is 364 g/mol. The summed E-state index contributed by atoms with van der Waals surface area (Å²) in [7, 11) is -0.275. The van der Waals surface area contributed by atoms with Gasteiger partial charge in [-0.2, -0.15) is 0 Å². The standard InChI is InChI=1S/C20H26N2O4S/c1-14-11-18(16-12-19(25-2)20(26-3)13-17(16)21-14)22-27(23,24)10-9-15-7-5-4-6-8-15/h4-8,12-14,18,21-22H,9-11H2,1-3H3/t14-,18+/m0/s1. The molecule has 0 spiro atoms. The highest BCUT2D eigenvalue weighted by atomic mass is 32.2. The van der Waals surface area contributed by atoms with Gasteiger partial charge in [-0.15, -0.1) is 0 Å². The molecule has 6 nitrogen and oxygen atoms in total. The van der Waals surface area contributed by atoms with Crippen molar-refractivity contribution in [1.82, 2.24) is 4.72 Å². The van der Waals surface area contributed by atoms with Crippen LogP contribution >= 0.6 is 0 Å². The van der Waals surface area contributed by atoms with Gasteiger partial charge in [-0.25, -0.2) is 13.1 Å². The Morgan fingerprint density at radius 1 is 1.11 bits per heavy atom. The highest BCUT2D eigenvalue weighted by Crippen LogP contribution is 2.40. The number of hydrogen-bond acceptors (Lipinski definition) is 5. The zero-order valence-electron chi connectivity index (χ0n) is 15.9. The van der Waals surface area contributed by atoms with Crippen LogP contribution in [0.15, 0.2) is 42.5 Å². The van der Waals surface area contributed by atoms with Gasteiger partial charge in [0.15, 0.2) is 11.5 Å². The van der Waals surface area contributed by atoms with E-state index in [0.29, 0.717) is 24.3 Å². The lowest BCUT2D eigenvalue weighted by atomic mass is 9.94. The minimum absolute atomic E-state index is 0.0535. The molecule has 0 aromatic heterocycles. The smallest absolute Gasteiger partial charge is 0.212 e. The van der Waals surface area contributed by atoms with Crippen molar-refractivity contribution in [2.75, 3.05) is 25.3 Å². The number of fused-ring (bicyclic) bond motifs is 1. The van der Waals surface area contributed by atoms with Crippen molar-refractivity contribution in [1.29, 1.82) is 0 Å². The lowest BCUT2D eigenvalue weighted by Crippen LogP contribution is -2.37. The predicted octanol–water partition coefficient (Wildman–Crippen LogP) is 3.11. The fourth-order valence-electron chi connectivity index (χ4n) is 3.40. The van der Waals surface area contributed by atoms with Gasteiger partial charge in [0.1, 0.15) is 0 Å². The molecule has 2 N–H and O–H groups in total. The van der Waals surface area contributed by atoms with Gasteiger partial charge in [-0.3, -0.25) is 0 Å². The maximum absolute atomic E-state index is 12.7. The van der Waals surface area contributed by atoms with Gasteiger partial charge in [-0.1, -0.05) is 30.3 Å². The maximum Gasteiger partial charge on any atom is 0.212 e. The van der Waals surface area contributed by atoms with Crippen LogP contribution in [0, 0.1) is 0 Å². The molecule has 0 unspecified atom stereocenters. The molecule has 0 radical (unpaired) electrons. The predicted molar refractivity (Wildman–Crippen MR) is 107 cm³/mol. The highest BCUT2D eigenvalue weighted by Gasteiger charge is 2.29. The highest BCUT2D eigenvalue weighted by molar-refractivity contribution is 7.89. The third-order valence-corrected chi connectivity index (χ3v) is 6.13. The van der Waals surface area contributed by atoms with E-state index in [1.165, 1.54) is 0 Å². The molecule has 0 saturated heterocycles. The van der Waals surface area contributed by atoms with Crippen LogP contribution in [-0.2, 0) is 16.4 Å². The van der Waals surface area contributed by atoms with Crippen LogP contribution in [0.5, 0.6) is 11.5 Å². The minimum Gasteiger partial charge on any atom is -0.493 e. The summed E-state index contributed by atoms with van der Waals surface area (Å²) in [6.07, 6.45) is 1.14. The number of hydrogen-bond donors (Lipinski definition) is 2. The zero-order chi connectivity index (χ0) is 19.4. The minimum atomic E-state index is -3.43. The van der Waals surface area contributed by atoms with Crippen LogP contribution in [-0.4, -0.2) is 34.4 Å². The molecule has 0 saturated carbocycles. The van der Waals surface area contributed by atoms with Crippen molar-refractivity contribution in [3.8, 4) is 11.5 Å². The average Bonchev–Trinajstić information content (AvgIpc) is 2.66. The van der Waals surface area contributed by atoms with Crippen LogP contribution in [0.4, 0.5) is 5.69 Å². The molecule has 1 aliphatic heterocycles. The average molecular weight is 391 g/mol. The van der Waals surface area contributed by atoms with Crippen LogP contribution in [0.3, 0.4) is 0 Å². The molecule has 0 fully saturated rings. The Kier molecular flexibility index (Phi) is 5.92. The molecule has 0 aliphatic carbocycles. The van der Waals surface area contributed by atoms with E-state index < -0.39 is 10.0 Å². The molecule has 2 aromatic carbocycles. The largest absolute Gasteiger partial charge is 0.493 e. The SMILES string of the molecule is COc1cc2c(cc1OC)[C@H](NS(=O)(=O)CCc1ccccc1)C[C@H](C)N2. The van der Waals surface area contributed by atoms with E-state index in [2.05, 4.69) is 10.0 Å². The van der Waals surface area contributed by atoms with Crippen LogP contribution in [0.2, 0.25) is 0 Å². The van der Waals surface area contributed by atoms with Crippen LogP contribution in [0.25, 0.3) is 0 Å². The normalized spacial score (nSPS) is 19.1. The number of rotatable bonds is 7. The van der Waals surface area contributed by atoms with Gasteiger partial charge >= 0.3 is 0 Å². The molecule has 27 heavy (non-hydrogen) atoms. The van der Waals surface area contributed by atoms with Gasteiger partial charge in [0.05, 0.1) is 26.0 Å². The second kappa shape index (κ2) is 8.19.